The van der Waals surface area contributed by atoms with E-state index in [0.29, 0.717) is 6.54 Å². The van der Waals surface area contributed by atoms with E-state index in [9.17, 15) is 18.0 Å². The Morgan fingerprint density at radius 2 is 2.11 bits per heavy atom. The summed E-state index contributed by atoms with van der Waals surface area (Å²) in [6, 6.07) is 1.80. The Hall–Kier alpha value is -3.03. The second-order valence-corrected chi connectivity index (χ2v) is 9.43. The number of ether oxygens (including phenoxy) is 2. The van der Waals surface area contributed by atoms with Crippen LogP contribution in [0, 0.1) is 0 Å². The lowest BCUT2D eigenvalue weighted by molar-refractivity contribution is -0.181. The summed E-state index contributed by atoms with van der Waals surface area (Å²) in [5, 5.41) is 9.72. The number of methoxy groups -OCH3 is 1. The summed E-state index contributed by atoms with van der Waals surface area (Å²) in [6.45, 7) is 1.65. The molecule has 15 heteroatoms. The summed E-state index contributed by atoms with van der Waals surface area (Å²) in [5.41, 5.74) is -2.62. The Bertz CT molecular complexity index is 1350. The number of halogens is 5. The van der Waals surface area contributed by atoms with Crippen LogP contribution in [-0.2, 0) is 5.41 Å². The van der Waals surface area contributed by atoms with E-state index in [1.807, 2.05) is 0 Å². The number of rotatable bonds is 4. The maximum atomic E-state index is 14.3. The molecule has 10 nitrogen and oxygen atoms in total. The monoisotopic (exact) mass is 545 g/mol. The van der Waals surface area contributed by atoms with E-state index in [2.05, 4.69) is 25.7 Å². The van der Waals surface area contributed by atoms with E-state index in [4.69, 9.17) is 32.7 Å². The normalized spacial score (nSPS) is 21.6. The zero-order valence-electron chi connectivity index (χ0n) is 19.0. The summed E-state index contributed by atoms with van der Waals surface area (Å²) < 4.78 is 55.0. The average molecular weight is 546 g/mol. The van der Waals surface area contributed by atoms with E-state index >= 15 is 0 Å². The molecule has 0 radical (unpaired) electrons. The molecule has 2 amide bonds. The lowest BCUT2D eigenvalue weighted by atomic mass is 9.88. The summed E-state index contributed by atoms with van der Waals surface area (Å²) in [6.07, 6.45) is -2.96. The number of anilines is 2. The molecular formula is C21H20Cl2F3N7O3. The zero-order chi connectivity index (χ0) is 25.8. The van der Waals surface area contributed by atoms with Gasteiger partial charge in [-0.1, -0.05) is 23.2 Å². The summed E-state index contributed by atoms with van der Waals surface area (Å²) in [4.78, 5) is 22.6. The number of hydrogen-bond acceptors (Lipinski definition) is 7. The molecule has 2 N–H and O–H groups in total. The largest absolute Gasteiger partial charge is 0.490 e. The van der Waals surface area contributed by atoms with E-state index < -0.39 is 24.2 Å². The third-order valence-corrected chi connectivity index (χ3v) is 6.69. The number of nitrogens with one attached hydrogen (secondary N) is 2. The number of pyridine rings is 1. The van der Waals surface area contributed by atoms with Crippen LogP contribution in [0.3, 0.4) is 0 Å². The second kappa shape index (κ2) is 8.82. The van der Waals surface area contributed by atoms with Crippen LogP contribution in [0.2, 0.25) is 10.2 Å². The highest BCUT2D eigenvalue weighted by molar-refractivity contribution is 6.32. The minimum Gasteiger partial charge on any atom is -0.490 e. The Morgan fingerprint density at radius 1 is 1.33 bits per heavy atom. The minimum absolute atomic E-state index is 0.0228. The molecule has 0 saturated carbocycles. The van der Waals surface area contributed by atoms with Gasteiger partial charge in [-0.2, -0.15) is 23.3 Å². The van der Waals surface area contributed by atoms with Gasteiger partial charge >= 0.3 is 12.2 Å². The highest BCUT2D eigenvalue weighted by atomic mass is 35.5. The molecule has 1 unspecified atom stereocenters. The molecule has 2 aliphatic rings. The molecule has 5 heterocycles. The molecule has 2 aliphatic heterocycles. The van der Waals surface area contributed by atoms with Gasteiger partial charge < -0.3 is 14.8 Å². The first-order chi connectivity index (χ1) is 17.0. The topological polar surface area (TPSA) is 106 Å². The van der Waals surface area contributed by atoms with E-state index in [-0.39, 0.29) is 50.8 Å². The molecule has 0 aliphatic carbocycles. The van der Waals surface area contributed by atoms with Gasteiger partial charge in [0.05, 0.1) is 29.7 Å². The third-order valence-electron chi connectivity index (χ3n) is 6.22. The molecule has 5 rings (SSSR count). The Morgan fingerprint density at radius 3 is 2.78 bits per heavy atom. The standard InChI is InChI=1S/C21H20Cl2F3N7O3/c1-20(21(24,25)26)9-32(12-8-28-15-6-13(23)31-33(15)17(12)20)19(34)30-14-5-11(22)16(35-2)18(29-14)36-10-3-4-27-7-10/h5-6,8,10,27H,3-4,7,9H2,1-2H3,(H,29,30,34)/t10-,20?/m0/s1. The van der Waals surface area contributed by atoms with Crippen LogP contribution in [0.25, 0.3) is 5.65 Å². The molecule has 1 fully saturated rings. The van der Waals surface area contributed by atoms with Gasteiger partial charge in [-0.15, -0.1) is 0 Å². The number of alkyl halides is 3. The minimum atomic E-state index is -4.71. The fraction of sp³-hybridized carbons (Fsp3) is 0.429. The first kappa shape index (κ1) is 24.7. The van der Waals surface area contributed by atoms with Crippen molar-refractivity contribution in [1.82, 2.24) is 24.9 Å². The molecule has 0 aromatic carbocycles. The van der Waals surface area contributed by atoms with Crippen molar-refractivity contribution in [2.24, 2.45) is 0 Å². The van der Waals surface area contributed by atoms with Crippen molar-refractivity contribution >= 4 is 46.4 Å². The number of carbonyl (C=O) groups excluding carboxylic acids is 1. The summed E-state index contributed by atoms with van der Waals surface area (Å²) >= 11 is 12.2. The van der Waals surface area contributed by atoms with Gasteiger partial charge in [0, 0.05) is 25.2 Å². The Kier molecular flexibility index (Phi) is 6.04. The smallest absolute Gasteiger partial charge is 0.401 e. The van der Waals surface area contributed by atoms with Crippen molar-refractivity contribution in [3.63, 3.8) is 0 Å². The predicted molar refractivity (Wildman–Crippen MR) is 125 cm³/mol. The highest BCUT2D eigenvalue weighted by Crippen LogP contribution is 2.50. The Balaban J connectivity index is 1.50. The molecule has 1 saturated heterocycles. The average Bonchev–Trinajstić information content (AvgIpc) is 3.50. The Labute approximate surface area is 212 Å². The fourth-order valence-corrected chi connectivity index (χ4v) is 4.80. The number of aromatic nitrogens is 4. The van der Waals surface area contributed by atoms with E-state index in [0.717, 1.165) is 29.3 Å². The molecule has 192 valence electrons. The van der Waals surface area contributed by atoms with Gasteiger partial charge in [0.2, 0.25) is 0 Å². The van der Waals surface area contributed by atoms with Crippen molar-refractivity contribution in [1.29, 1.82) is 0 Å². The van der Waals surface area contributed by atoms with Crippen molar-refractivity contribution in [3.8, 4) is 11.6 Å². The predicted octanol–water partition coefficient (Wildman–Crippen LogP) is 4.05. The van der Waals surface area contributed by atoms with Gasteiger partial charge in [-0.05, 0) is 19.9 Å². The maximum Gasteiger partial charge on any atom is 0.401 e. The van der Waals surface area contributed by atoms with Gasteiger partial charge in [0.15, 0.2) is 16.5 Å². The van der Waals surface area contributed by atoms with Crippen molar-refractivity contribution in [2.45, 2.75) is 31.0 Å². The second-order valence-electron chi connectivity index (χ2n) is 8.64. The zero-order valence-corrected chi connectivity index (χ0v) is 20.5. The number of fused-ring (bicyclic) bond motifs is 3. The quantitative estimate of drug-likeness (QED) is 0.509. The molecular weight excluding hydrogens is 526 g/mol. The number of nitrogens with zero attached hydrogens (tertiary/aromatic N) is 5. The number of amides is 2. The van der Waals surface area contributed by atoms with Crippen LogP contribution in [-0.4, -0.2) is 64.6 Å². The lowest BCUT2D eigenvalue weighted by Gasteiger charge is -2.28. The van der Waals surface area contributed by atoms with Crippen molar-refractivity contribution < 1.29 is 27.4 Å². The SMILES string of the molecule is COc1c(Cl)cc(NC(=O)N2CC(C)(C(F)(F)F)c3c2cnc2cc(Cl)nn32)nc1O[C@H]1CCNC1. The molecule has 0 bridgehead atoms. The molecule has 36 heavy (non-hydrogen) atoms. The van der Waals surface area contributed by atoms with Gasteiger partial charge in [0.1, 0.15) is 17.3 Å². The van der Waals surface area contributed by atoms with E-state index in [1.165, 1.54) is 25.4 Å². The number of hydrogen-bond donors (Lipinski definition) is 2. The summed E-state index contributed by atoms with van der Waals surface area (Å²) in [7, 11) is 1.40. The van der Waals surface area contributed by atoms with E-state index in [1.54, 1.807) is 0 Å². The van der Waals surface area contributed by atoms with Crippen LogP contribution in [0.5, 0.6) is 11.6 Å². The maximum absolute atomic E-state index is 14.3. The molecule has 2 atom stereocenters. The van der Waals surface area contributed by atoms with Crippen LogP contribution in [0.4, 0.5) is 29.5 Å². The van der Waals surface area contributed by atoms with Gasteiger partial charge in [0.25, 0.3) is 5.88 Å². The van der Waals surface area contributed by atoms with Crippen LogP contribution in [0.1, 0.15) is 19.0 Å². The molecule has 0 spiro atoms. The first-order valence-electron chi connectivity index (χ1n) is 10.8. The number of urea groups is 1. The van der Waals surface area contributed by atoms with Crippen molar-refractivity contribution in [3.05, 3.63) is 34.2 Å². The van der Waals surface area contributed by atoms with Crippen LogP contribution >= 0.6 is 23.2 Å². The lowest BCUT2D eigenvalue weighted by Crippen LogP contribution is -2.46. The summed E-state index contributed by atoms with van der Waals surface area (Å²) in [5.74, 6) is 0.218. The van der Waals surface area contributed by atoms with Gasteiger partial charge in [-0.25, -0.2) is 14.3 Å². The third kappa shape index (κ3) is 4.04. The van der Waals surface area contributed by atoms with Crippen molar-refractivity contribution in [2.75, 3.05) is 37.0 Å². The fourth-order valence-electron chi connectivity index (χ4n) is 4.36. The molecule has 3 aromatic rings. The first-order valence-corrected chi connectivity index (χ1v) is 11.6. The molecule has 3 aromatic heterocycles. The van der Waals surface area contributed by atoms with Crippen LogP contribution in [0.15, 0.2) is 18.3 Å². The number of carbonyl (C=O) groups is 1. The van der Waals surface area contributed by atoms with Gasteiger partial charge in [-0.3, -0.25) is 10.2 Å². The van der Waals surface area contributed by atoms with Crippen LogP contribution < -0.4 is 25.0 Å². The highest BCUT2D eigenvalue weighted by Gasteiger charge is 2.60.